The average Bonchev–Trinajstić information content (AvgIpc) is 3.22. The minimum absolute atomic E-state index is 0.0279. The summed E-state index contributed by atoms with van der Waals surface area (Å²) in [6, 6.07) is 16.3. The van der Waals surface area contributed by atoms with E-state index >= 15 is 0 Å². The fraction of sp³-hybridized carbons (Fsp3) is 0.269. The highest BCUT2D eigenvalue weighted by molar-refractivity contribution is 5.84. The van der Waals surface area contributed by atoms with Crippen molar-refractivity contribution in [3.63, 3.8) is 0 Å². The van der Waals surface area contributed by atoms with Gasteiger partial charge in [-0.05, 0) is 48.2 Å². The monoisotopic (exact) mass is 410 g/mol. The van der Waals surface area contributed by atoms with Crippen molar-refractivity contribution in [2.45, 2.75) is 19.4 Å². The Hall–Kier alpha value is -3.49. The first kappa shape index (κ1) is 20.8. The highest BCUT2D eigenvalue weighted by Gasteiger charge is 2.44. The summed E-state index contributed by atoms with van der Waals surface area (Å²) in [5, 5.41) is 2.95. The van der Waals surface area contributed by atoms with Gasteiger partial charge < -0.3 is 5.32 Å². The van der Waals surface area contributed by atoms with Crippen molar-refractivity contribution in [2.75, 3.05) is 19.6 Å². The van der Waals surface area contributed by atoms with Crippen molar-refractivity contribution >= 4 is 5.91 Å². The Labute approximate surface area is 183 Å². The van der Waals surface area contributed by atoms with Gasteiger partial charge in [-0.2, -0.15) is 0 Å². The molecular formula is C26H26N4O. The van der Waals surface area contributed by atoms with Crippen molar-refractivity contribution in [1.29, 1.82) is 0 Å². The molecule has 2 aromatic heterocycles. The topological polar surface area (TPSA) is 58.1 Å². The predicted octanol–water partition coefficient (Wildman–Crippen LogP) is 3.33. The van der Waals surface area contributed by atoms with Gasteiger partial charge in [0.2, 0.25) is 5.91 Å². The second kappa shape index (κ2) is 9.55. The van der Waals surface area contributed by atoms with Gasteiger partial charge in [0.05, 0.1) is 12.0 Å². The van der Waals surface area contributed by atoms with Crippen molar-refractivity contribution in [2.24, 2.45) is 5.41 Å². The van der Waals surface area contributed by atoms with Gasteiger partial charge in [-0.25, -0.2) is 0 Å². The number of nitrogens with one attached hydrogen (secondary N) is 1. The first-order chi connectivity index (χ1) is 15.2. The van der Waals surface area contributed by atoms with Crippen LogP contribution in [-0.2, 0) is 17.8 Å². The summed E-state index contributed by atoms with van der Waals surface area (Å²) in [7, 11) is 0. The summed E-state index contributed by atoms with van der Waals surface area (Å²) in [4.78, 5) is 24.1. The molecule has 0 bridgehead atoms. The normalized spacial score (nSPS) is 18.4. The Morgan fingerprint density at radius 1 is 1.10 bits per heavy atom. The van der Waals surface area contributed by atoms with Gasteiger partial charge in [0, 0.05) is 43.4 Å². The maximum absolute atomic E-state index is 13.3. The van der Waals surface area contributed by atoms with E-state index in [0.29, 0.717) is 13.0 Å². The highest BCUT2D eigenvalue weighted by Crippen LogP contribution is 2.38. The molecule has 1 aromatic carbocycles. The fourth-order valence-electron chi connectivity index (χ4n) is 4.41. The SMILES string of the molecule is C#CCNC(=O)[C@]1(Cc2ccccc2-c2cccnc2)CCN(Cc2cccnc2)C1. The third kappa shape index (κ3) is 4.82. The van der Waals surface area contributed by atoms with E-state index in [9.17, 15) is 4.79 Å². The van der Waals surface area contributed by atoms with Crippen molar-refractivity contribution < 1.29 is 4.79 Å². The van der Waals surface area contributed by atoms with Crippen LogP contribution in [0, 0.1) is 17.8 Å². The lowest BCUT2D eigenvalue weighted by molar-refractivity contribution is -0.130. The maximum Gasteiger partial charge on any atom is 0.228 e. The number of amides is 1. The molecule has 1 amide bonds. The van der Waals surface area contributed by atoms with Crippen LogP contribution < -0.4 is 5.32 Å². The van der Waals surface area contributed by atoms with E-state index in [1.54, 1.807) is 12.4 Å². The van der Waals surface area contributed by atoms with Crippen LogP contribution >= 0.6 is 0 Å². The molecule has 0 spiro atoms. The highest BCUT2D eigenvalue weighted by atomic mass is 16.2. The Bertz CT molecular complexity index is 1060. The van der Waals surface area contributed by atoms with E-state index in [2.05, 4.69) is 50.4 Å². The lowest BCUT2D eigenvalue weighted by atomic mass is 9.78. The summed E-state index contributed by atoms with van der Waals surface area (Å²) in [6.45, 7) is 2.56. The molecule has 1 N–H and O–H groups in total. The number of aromatic nitrogens is 2. The fourth-order valence-corrected chi connectivity index (χ4v) is 4.41. The van der Waals surface area contributed by atoms with Crippen LogP contribution in [0.2, 0.25) is 0 Å². The molecule has 156 valence electrons. The van der Waals surface area contributed by atoms with Gasteiger partial charge in [-0.15, -0.1) is 6.42 Å². The predicted molar refractivity (Wildman–Crippen MR) is 122 cm³/mol. The van der Waals surface area contributed by atoms with Crippen LogP contribution in [0.3, 0.4) is 0 Å². The summed E-state index contributed by atoms with van der Waals surface area (Å²) >= 11 is 0. The number of hydrogen-bond donors (Lipinski definition) is 1. The van der Waals surface area contributed by atoms with E-state index < -0.39 is 5.41 Å². The van der Waals surface area contributed by atoms with Crippen LogP contribution in [-0.4, -0.2) is 40.4 Å². The number of rotatable bonds is 7. The molecule has 0 aliphatic carbocycles. The Morgan fingerprint density at radius 2 is 1.90 bits per heavy atom. The zero-order chi connectivity index (χ0) is 21.5. The lowest BCUT2D eigenvalue weighted by Crippen LogP contribution is -2.44. The van der Waals surface area contributed by atoms with Gasteiger partial charge in [0.1, 0.15) is 0 Å². The quantitative estimate of drug-likeness (QED) is 0.607. The lowest BCUT2D eigenvalue weighted by Gasteiger charge is -2.29. The second-order valence-electron chi connectivity index (χ2n) is 8.06. The van der Waals surface area contributed by atoms with Gasteiger partial charge in [-0.1, -0.05) is 42.3 Å². The molecule has 1 aliphatic rings. The van der Waals surface area contributed by atoms with E-state index in [1.807, 2.05) is 36.7 Å². The third-order valence-electron chi connectivity index (χ3n) is 5.91. The number of carbonyl (C=O) groups is 1. The number of carbonyl (C=O) groups excluding carboxylic acids is 1. The average molecular weight is 411 g/mol. The number of likely N-dealkylation sites (tertiary alicyclic amines) is 1. The van der Waals surface area contributed by atoms with E-state index in [0.717, 1.165) is 41.8 Å². The molecule has 1 fully saturated rings. The van der Waals surface area contributed by atoms with Crippen molar-refractivity contribution in [3.8, 4) is 23.5 Å². The Morgan fingerprint density at radius 3 is 2.65 bits per heavy atom. The smallest absolute Gasteiger partial charge is 0.228 e. The largest absolute Gasteiger partial charge is 0.345 e. The molecule has 0 unspecified atom stereocenters. The van der Waals surface area contributed by atoms with Gasteiger partial charge in [0.15, 0.2) is 0 Å². The third-order valence-corrected chi connectivity index (χ3v) is 5.91. The molecule has 4 rings (SSSR count). The standard InChI is InChI=1S/C26H26N4O/c1-2-12-29-25(31)26(11-15-30(20-26)19-21-7-5-13-27-17-21)16-22-8-3-4-10-24(22)23-9-6-14-28-18-23/h1,3-10,13-14,17-18H,11-12,15-16,19-20H2,(H,29,31)/t26-/m0/s1. The van der Waals surface area contributed by atoms with Crippen LogP contribution in [0.4, 0.5) is 0 Å². The van der Waals surface area contributed by atoms with Crippen LogP contribution in [0.5, 0.6) is 0 Å². The van der Waals surface area contributed by atoms with Crippen molar-refractivity contribution in [3.05, 3.63) is 84.4 Å². The molecule has 1 atom stereocenters. The number of benzene rings is 1. The second-order valence-corrected chi connectivity index (χ2v) is 8.06. The van der Waals surface area contributed by atoms with E-state index in [4.69, 9.17) is 6.42 Å². The molecule has 0 radical (unpaired) electrons. The molecule has 1 aliphatic heterocycles. The van der Waals surface area contributed by atoms with Gasteiger partial charge in [0.25, 0.3) is 0 Å². The number of terminal acetylenes is 1. The van der Waals surface area contributed by atoms with Crippen LogP contribution in [0.25, 0.3) is 11.1 Å². The molecule has 31 heavy (non-hydrogen) atoms. The van der Waals surface area contributed by atoms with E-state index in [1.165, 1.54) is 0 Å². The van der Waals surface area contributed by atoms with Crippen LogP contribution in [0.15, 0.2) is 73.3 Å². The van der Waals surface area contributed by atoms with E-state index in [-0.39, 0.29) is 12.5 Å². The molecule has 0 saturated carbocycles. The number of nitrogens with zero attached hydrogens (tertiary/aromatic N) is 3. The first-order valence-corrected chi connectivity index (χ1v) is 10.5. The van der Waals surface area contributed by atoms with Gasteiger partial charge >= 0.3 is 0 Å². The van der Waals surface area contributed by atoms with Gasteiger partial charge in [-0.3, -0.25) is 19.7 Å². The summed E-state index contributed by atoms with van der Waals surface area (Å²) < 4.78 is 0. The minimum Gasteiger partial charge on any atom is -0.345 e. The Balaban J connectivity index is 1.61. The maximum atomic E-state index is 13.3. The van der Waals surface area contributed by atoms with Crippen molar-refractivity contribution in [1.82, 2.24) is 20.2 Å². The molecule has 1 saturated heterocycles. The molecule has 5 heteroatoms. The number of hydrogen-bond acceptors (Lipinski definition) is 4. The summed E-state index contributed by atoms with van der Waals surface area (Å²) in [5.41, 5.74) is 3.94. The number of pyridine rings is 2. The summed E-state index contributed by atoms with van der Waals surface area (Å²) in [5.74, 6) is 2.56. The molecule has 5 nitrogen and oxygen atoms in total. The van der Waals surface area contributed by atoms with Crippen LogP contribution in [0.1, 0.15) is 17.5 Å². The summed E-state index contributed by atoms with van der Waals surface area (Å²) in [6.07, 6.45) is 14.1. The Kier molecular flexibility index (Phi) is 6.40. The minimum atomic E-state index is -0.530. The zero-order valence-corrected chi connectivity index (χ0v) is 17.5. The zero-order valence-electron chi connectivity index (χ0n) is 17.5. The molecule has 3 aromatic rings. The first-order valence-electron chi connectivity index (χ1n) is 10.5. The molecule has 3 heterocycles. The molecular weight excluding hydrogens is 384 g/mol.